The monoisotopic (exact) mass is 410 g/mol. The molecule has 9 heteroatoms. The van der Waals surface area contributed by atoms with Gasteiger partial charge in [-0.05, 0) is 54.0 Å². The Morgan fingerprint density at radius 2 is 1.66 bits per heavy atom. The van der Waals surface area contributed by atoms with Crippen LogP contribution in [0, 0.1) is 20.8 Å². The molecule has 0 aliphatic carbocycles. The lowest BCUT2D eigenvalue weighted by Gasteiger charge is -2.12. The Balaban J connectivity index is 1.52. The van der Waals surface area contributed by atoms with Crippen LogP contribution in [0.1, 0.15) is 16.7 Å². The van der Waals surface area contributed by atoms with Crippen LogP contribution in [0.5, 0.6) is 0 Å². The van der Waals surface area contributed by atoms with E-state index in [2.05, 4.69) is 26.2 Å². The molecule has 0 aliphatic heterocycles. The van der Waals surface area contributed by atoms with E-state index >= 15 is 0 Å². The standard InChI is InChI=1S/C20H22N6O2S/c1-13-7-4-5-10-16(13)26-20(23-24-25-26)29-12-18(28)21-11-17(27)22-19-14(2)8-6-9-15(19)3/h4-10H,11-12H2,1-3H3,(H,21,28)(H,22,27). The fourth-order valence-corrected chi connectivity index (χ4v) is 3.49. The maximum absolute atomic E-state index is 12.2. The van der Waals surface area contributed by atoms with Gasteiger partial charge >= 0.3 is 0 Å². The predicted octanol–water partition coefficient (Wildman–Crippen LogP) is 2.43. The number of aryl methyl sites for hydroxylation is 3. The molecule has 2 amide bonds. The van der Waals surface area contributed by atoms with E-state index in [0.29, 0.717) is 5.16 Å². The fraction of sp³-hybridized carbons (Fsp3) is 0.250. The average molecular weight is 411 g/mol. The van der Waals surface area contributed by atoms with E-state index in [-0.39, 0.29) is 24.1 Å². The molecule has 0 saturated carbocycles. The second-order valence-electron chi connectivity index (χ2n) is 6.54. The van der Waals surface area contributed by atoms with Crippen LogP contribution in [0.3, 0.4) is 0 Å². The first-order valence-corrected chi connectivity index (χ1v) is 10.0. The van der Waals surface area contributed by atoms with E-state index < -0.39 is 0 Å². The molecule has 0 saturated heterocycles. The smallest absolute Gasteiger partial charge is 0.243 e. The normalized spacial score (nSPS) is 10.6. The molecule has 0 aliphatic rings. The molecule has 2 aromatic carbocycles. The molecular formula is C20H22N6O2S. The highest BCUT2D eigenvalue weighted by Gasteiger charge is 2.14. The lowest BCUT2D eigenvalue weighted by atomic mass is 10.1. The number of aromatic nitrogens is 4. The molecule has 0 unspecified atom stereocenters. The summed E-state index contributed by atoms with van der Waals surface area (Å²) in [6, 6.07) is 13.5. The number of thioether (sulfide) groups is 1. The highest BCUT2D eigenvalue weighted by atomic mass is 32.2. The summed E-state index contributed by atoms with van der Waals surface area (Å²) in [5, 5.41) is 17.7. The number of nitrogens with one attached hydrogen (secondary N) is 2. The van der Waals surface area contributed by atoms with Gasteiger partial charge in [-0.3, -0.25) is 9.59 Å². The summed E-state index contributed by atoms with van der Waals surface area (Å²) in [7, 11) is 0. The number of carbonyl (C=O) groups excluding carboxylic acids is 2. The second kappa shape index (κ2) is 9.33. The summed E-state index contributed by atoms with van der Waals surface area (Å²) in [4.78, 5) is 24.3. The number of hydrogen-bond acceptors (Lipinski definition) is 6. The molecule has 0 fully saturated rings. The molecule has 0 atom stereocenters. The van der Waals surface area contributed by atoms with Gasteiger partial charge in [-0.2, -0.15) is 4.68 Å². The summed E-state index contributed by atoms with van der Waals surface area (Å²) in [6.07, 6.45) is 0. The molecule has 0 spiro atoms. The van der Waals surface area contributed by atoms with Crippen LogP contribution in [-0.4, -0.2) is 44.3 Å². The Bertz CT molecular complexity index is 1010. The third kappa shape index (κ3) is 5.20. The second-order valence-corrected chi connectivity index (χ2v) is 7.48. The van der Waals surface area contributed by atoms with Gasteiger partial charge in [0.2, 0.25) is 17.0 Å². The van der Waals surface area contributed by atoms with Crippen molar-refractivity contribution in [2.75, 3.05) is 17.6 Å². The van der Waals surface area contributed by atoms with Gasteiger partial charge in [0, 0.05) is 5.69 Å². The van der Waals surface area contributed by atoms with Crippen molar-refractivity contribution in [3.63, 3.8) is 0 Å². The minimum atomic E-state index is -0.273. The number of para-hydroxylation sites is 2. The third-order valence-electron chi connectivity index (χ3n) is 4.31. The van der Waals surface area contributed by atoms with Crippen molar-refractivity contribution in [3.8, 4) is 5.69 Å². The Labute approximate surface area is 173 Å². The maximum atomic E-state index is 12.2. The third-order valence-corrected chi connectivity index (χ3v) is 5.23. The number of amides is 2. The number of rotatable bonds is 7. The fourth-order valence-electron chi connectivity index (χ4n) is 2.78. The van der Waals surface area contributed by atoms with Crippen molar-refractivity contribution in [1.29, 1.82) is 0 Å². The van der Waals surface area contributed by atoms with Crippen molar-refractivity contribution < 1.29 is 9.59 Å². The largest absolute Gasteiger partial charge is 0.346 e. The zero-order valence-electron chi connectivity index (χ0n) is 16.5. The van der Waals surface area contributed by atoms with Crippen LogP contribution in [0.15, 0.2) is 47.6 Å². The first-order valence-electron chi connectivity index (χ1n) is 9.05. The van der Waals surface area contributed by atoms with Crippen molar-refractivity contribution in [3.05, 3.63) is 59.2 Å². The zero-order valence-corrected chi connectivity index (χ0v) is 17.3. The van der Waals surface area contributed by atoms with Crippen LogP contribution in [-0.2, 0) is 9.59 Å². The lowest BCUT2D eigenvalue weighted by molar-refractivity contribution is -0.122. The summed E-state index contributed by atoms with van der Waals surface area (Å²) in [5.74, 6) is -0.445. The zero-order chi connectivity index (χ0) is 20.8. The van der Waals surface area contributed by atoms with E-state index in [9.17, 15) is 9.59 Å². The number of carbonyl (C=O) groups is 2. The molecule has 2 N–H and O–H groups in total. The number of benzene rings is 2. The van der Waals surface area contributed by atoms with Crippen molar-refractivity contribution in [2.24, 2.45) is 0 Å². The van der Waals surface area contributed by atoms with Crippen LogP contribution in [0.2, 0.25) is 0 Å². The quantitative estimate of drug-likeness (QED) is 0.580. The van der Waals surface area contributed by atoms with E-state index in [0.717, 1.165) is 28.1 Å². The van der Waals surface area contributed by atoms with E-state index in [1.165, 1.54) is 11.8 Å². The van der Waals surface area contributed by atoms with Gasteiger partial charge in [-0.15, -0.1) is 5.10 Å². The highest BCUT2D eigenvalue weighted by molar-refractivity contribution is 7.99. The molecule has 1 aromatic heterocycles. The van der Waals surface area contributed by atoms with Gasteiger partial charge in [-0.25, -0.2) is 0 Å². The number of nitrogens with zero attached hydrogens (tertiary/aromatic N) is 4. The molecule has 1 heterocycles. The summed E-state index contributed by atoms with van der Waals surface area (Å²) in [5.41, 5.74) is 4.60. The van der Waals surface area contributed by atoms with Crippen LogP contribution >= 0.6 is 11.8 Å². The first kappa shape index (κ1) is 20.5. The number of hydrogen-bond donors (Lipinski definition) is 2. The van der Waals surface area contributed by atoms with Gasteiger partial charge in [0.15, 0.2) is 0 Å². The lowest BCUT2D eigenvalue weighted by Crippen LogP contribution is -2.34. The van der Waals surface area contributed by atoms with E-state index in [1.807, 2.05) is 63.2 Å². The van der Waals surface area contributed by atoms with Gasteiger partial charge in [0.25, 0.3) is 0 Å². The van der Waals surface area contributed by atoms with Crippen LogP contribution in [0.25, 0.3) is 5.69 Å². The maximum Gasteiger partial charge on any atom is 0.243 e. The van der Waals surface area contributed by atoms with Crippen molar-refractivity contribution >= 4 is 29.3 Å². The van der Waals surface area contributed by atoms with E-state index in [1.54, 1.807) is 4.68 Å². The Morgan fingerprint density at radius 1 is 0.966 bits per heavy atom. The van der Waals surface area contributed by atoms with Crippen LogP contribution in [0.4, 0.5) is 5.69 Å². The van der Waals surface area contributed by atoms with Gasteiger partial charge in [0.1, 0.15) is 0 Å². The topological polar surface area (TPSA) is 102 Å². The minimum Gasteiger partial charge on any atom is -0.346 e. The molecule has 0 radical (unpaired) electrons. The highest BCUT2D eigenvalue weighted by Crippen LogP contribution is 2.20. The molecular weight excluding hydrogens is 388 g/mol. The molecule has 3 rings (SSSR count). The molecule has 3 aromatic rings. The number of tetrazole rings is 1. The van der Waals surface area contributed by atoms with Crippen molar-refractivity contribution in [2.45, 2.75) is 25.9 Å². The minimum absolute atomic E-state index is 0.100. The van der Waals surface area contributed by atoms with Gasteiger partial charge in [0.05, 0.1) is 18.0 Å². The first-order chi connectivity index (χ1) is 14.0. The Hall–Kier alpha value is -3.20. The average Bonchev–Trinajstić information content (AvgIpc) is 3.16. The molecule has 0 bridgehead atoms. The molecule has 150 valence electrons. The van der Waals surface area contributed by atoms with Crippen LogP contribution < -0.4 is 10.6 Å². The summed E-state index contributed by atoms with van der Waals surface area (Å²) >= 11 is 1.21. The summed E-state index contributed by atoms with van der Waals surface area (Å²) in [6.45, 7) is 5.72. The molecule has 29 heavy (non-hydrogen) atoms. The number of anilines is 1. The van der Waals surface area contributed by atoms with Crippen molar-refractivity contribution in [1.82, 2.24) is 25.5 Å². The van der Waals surface area contributed by atoms with Gasteiger partial charge in [-0.1, -0.05) is 48.2 Å². The van der Waals surface area contributed by atoms with E-state index in [4.69, 9.17) is 0 Å². The summed E-state index contributed by atoms with van der Waals surface area (Å²) < 4.78 is 1.60. The Morgan fingerprint density at radius 3 is 2.38 bits per heavy atom. The van der Waals surface area contributed by atoms with Gasteiger partial charge < -0.3 is 10.6 Å². The molecule has 8 nitrogen and oxygen atoms in total. The predicted molar refractivity (Wildman–Crippen MR) is 112 cm³/mol. The SMILES string of the molecule is Cc1ccccc1-n1nnnc1SCC(=O)NCC(=O)Nc1c(C)cccc1C. The Kier molecular flexibility index (Phi) is 6.61.